The first-order valence-corrected chi connectivity index (χ1v) is 8.25. The molecule has 1 saturated carbocycles. The molecule has 0 spiro atoms. The summed E-state index contributed by atoms with van der Waals surface area (Å²) in [4.78, 5) is 21.1. The van der Waals surface area contributed by atoms with Crippen LogP contribution < -0.4 is 0 Å². The van der Waals surface area contributed by atoms with E-state index in [2.05, 4.69) is 0 Å². The smallest absolute Gasteiger partial charge is 0.335 e. The van der Waals surface area contributed by atoms with Crippen LogP contribution in [0.5, 0.6) is 0 Å². The number of carboxylic acids is 2. The van der Waals surface area contributed by atoms with Gasteiger partial charge in [0.05, 0.1) is 11.1 Å². The van der Waals surface area contributed by atoms with Gasteiger partial charge in [0.15, 0.2) is 0 Å². The Hall–Kier alpha value is -2.76. The van der Waals surface area contributed by atoms with Crippen LogP contribution in [0.15, 0.2) is 36.4 Å². The molecule has 0 heterocycles. The third-order valence-electron chi connectivity index (χ3n) is 4.05. The van der Waals surface area contributed by atoms with Crippen LogP contribution in [0.3, 0.4) is 0 Å². The highest BCUT2D eigenvalue weighted by Gasteiger charge is 2.24. The molecule has 0 amide bonds. The summed E-state index contributed by atoms with van der Waals surface area (Å²) in [6.45, 7) is 3.78. The lowest BCUT2D eigenvalue weighted by Crippen LogP contribution is -1.99. The summed E-state index contributed by atoms with van der Waals surface area (Å²) in [6.07, 6.45) is 2.09. The Morgan fingerprint density at radius 3 is 1.85 bits per heavy atom. The van der Waals surface area contributed by atoms with Gasteiger partial charge in [-0.15, -0.1) is 0 Å². The summed E-state index contributed by atoms with van der Waals surface area (Å²) in [6, 6.07) is 7.91. The number of rotatable bonds is 4. The van der Waals surface area contributed by atoms with Crippen LogP contribution in [0, 0.1) is 11.6 Å². The second-order valence-corrected chi connectivity index (χ2v) is 6.59. The van der Waals surface area contributed by atoms with Gasteiger partial charge in [0.1, 0.15) is 11.6 Å². The van der Waals surface area contributed by atoms with Crippen molar-refractivity contribution in [1.82, 2.24) is 0 Å². The van der Waals surface area contributed by atoms with Crippen molar-refractivity contribution in [2.75, 3.05) is 0 Å². The van der Waals surface area contributed by atoms with Crippen molar-refractivity contribution in [2.45, 2.75) is 38.5 Å². The van der Waals surface area contributed by atoms with Crippen LogP contribution in [0.1, 0.15) is 70.4 Å². The van der Waals surface area contributed by atoms with Crippen molar-refractivity contribution < 1.29 is 28.6 Å². The molecule has 1 aliphatic carbocycles. The fraction of sp³-hybridized carbons (Fsp3) is 0.300. The highest BCUT2D eigenvalue weighted by atomic mass is 19.1. The summed E-state index contributed by atoms with van der Waals surface area (Å²) in [7, 11) is 0. The molecule has 2 N–H and O–H groups in total. The molecule has 26 heavy (non-hydrogen) atoms. The molecule has 0 bridgehead atoms. The molecule has 6 heteroatoms. The first-order chi connectivity index (χ1) is 12.2. The summed E-state index contributed by atoms with van der Waals surface area (Å²) < 4.78 is 25.8. The number of carbonyl (C=O) groups is 2. The molecular weight excluding hydrogens is 342 g/mol. The summed E-state index contributed by atoms with van der Waals surface area (Å²) >= 11 is 0. The van der Waals surface area contributed by atoms with Gasteiger partial charge in [-0.05, 0) is 72.2 Å². The maximum atomic E-state index is 12.9. The van der Waals surface area contributed by atoms with Gasteiger partial charge in [0.25, 0.3) is 0 Å². The Morgan fingerprint density at radius 2 is 1.38 bits per heavy atom. The monoisotopic (exact) mass is 362 g/mol. The van der Waals surface area contributed by atoms with E-state index in [-0.39, 0.29) is 17.0 Å². The van der Waals surface area contributed by atoms with Crippen molar-refractivity contribution in [2.24, 2.45) is 0 Å². The van der Waals surface area contributed by atoms with E-state index in [1.165, 1.54) is 18.2 Å². The highest BCUT2D eigenvalue weighted by Crippen LogP contribution is 2.40. The third-order valence-corrected chi connectivity index (χ3v) is 4.05. The Bertz CT molecular complexity index is 765. The van der Waals surface area contributed by atoms with Gasteiger partial charge >= 0.3 is 11.9 Å². The highest BCUT2D eigenvalue weighted by molar-refractivity contribution is 5.88. The number of carboxylic acid groups (broad SMARTS) is 2. The Labute approximate surface area is 150 Å². The molecule has 0 aliphatic heterocycles. The van der Waals surface area contributed by atoms with Crippen LogP contribution in [0.4, 0.5) is 8.78 Å². The fourth-order valence-corrected chi connectivity index (χ4v) is 2.46. The van der Waals surface area contributed by atoms with Gasteiger partial charge in [-0.2, -0.15) is 0 Å². The number of hydrogen-bond donors (Lipinski definition) is 2. The summed E-state index contributed by atoms with van der Waals surface area (Å²) in [5.41, 5.74) is 1.57. The molecule has 138 valence electrons. The van der Waals surface area contributed by atoms with Gasteiger partial charge in [-0.3, -0.25) is 0 Å². The summed E-state index contributed by atoms with van der Waals surface area (Å²) in [5, 5.41) is 17.3. The molecule has 0 unspecified atom stereocenters. The lowest BCUT2D eigenvalue weighted by Gasteiger charge is -2.06. The fourth-order valence-electron chi connectivity index (χ4n) is 2.46. The zero-order chi connectivity index (χ0) is 19.4. The standard InChI is InChI=1S/C10H9FO2.C10H11FO2/c11-9-4-7(6-1-2-6)3-8(5-9)10(12)13;1-6(2)7-3-8(10(12)13)5-9(11)4-7/h3-6H,1-2H2,(H,12,13);3-6H,1-2H3,(H,12,13). The first kappa shape index (κ1) is 19.6. The Kier molecular flexibility index (Phi) is 6.08. The van der Waals surface area contributed by atoms with E-state index in [9.17, 15) is 18.4 Å². The third kappa shape index (κ3) is 5.37. The molecule has 1 fully saturated rings. The summed E-state index contributed by atoms with van der Waals surface area (Å²) in [5.74, 6) is -2.60. The zero-order valence-electron chi connectivity index (χ0n) is 14.5. The maximum absolute atomic E-state index is 12.9. The van der Waals surface area contributed by atoms with Crippen molar-refractivity contribution in [3.05, 3.63) is 70.3 Å². The minimum Gasteiger partial charge on any atom is -0.478 e. The van der Waals surface area contributed by atoms with Crippen LogP contribution >= 0.6 is 0 Å². The number of hydrogen-bond acceptors (Lipinski definition) is 2. The van der Waals surface area contributed by atoms with Crippen molar-refractivity contribution >= 4 is 11.9 Å². The van der Waals surface area contributed by atoms with E-state index in [1.807, 2.05) is 13.8 Å². The van der Waals surface area contributed by atoms with Gasteiger partial charge in [-0.1, -0.05) is 13.8 Å². The van der Waals surface area contributed by atoms with E-state index in [0.717, 1.165) is 30.5 Å². The van der Waals surface area contributed by atoms with Gasteiger partial charge in [0, 0.05) is 0 Å². The lowest BCUT2D eigenvalue weighted by molar-refractivity contribution is 0.0685. The number of aromatic carboxylic acids is 2. The molecule has 2 aromatic carbocycles. The second-order valence-electron chi connectivity index (χ2n) is 6.59. The largest absolute Gasteiger partial charge is 0.478 e. The van der Waals surface area contributed by atoms with Crippen molar-refractivity contribution in [3.8, 4) is 0 Å². The van der Waals surface area contributed by atoms with E-state index in [0.29, 0.717) is 11.5 Å². The van der Waals surface area contributed by atoms with Gasteiger partial charge < -0.3 is 10.2 Å². The zero-order valence-corrected chi connectivity index (χ0v) is 14.5. The molecule has 0 atom stereocenters. The van der Waals surface area contributed by atoms with Gasteiger partial charge in [-0.25, -0.2) is 18.4 Å². The molecule has 2 aromatic rings. The topological polar surface area (TPSA) is 74.6 Å². The SMILES string of the molecule is CC(C)c1cc(F)cc(C(=O)O)c1.O=C(O)c1cc(F)cc(C2CC2)c1. The van der Waals surface area contributed by atoms with Crippen LogP contribution in [0.2, 0.25) is 0 Å². The predicted octanol–water partition coefficient (Wildman–Crippen LogP) is 5.05. The molecule has 3 rings (SSSR count). The van der Waals surface area contributed by atoms with E-state index >= 15 is 0 Å². The average molecular weight is 362 g/mol. The Morgan fingerprint density at radius 1 is 0.885 bits per heavy atom. The van der Waals surface area contributed by atoms with Crippen LogP contribution in [-0.2, 0) is 0 Å². The molecule has 1 aliphatic rings. The van der Waals surface area contributed by atoms with E-state index in [4.69, 9.17) is 10.2 Å². The number of benzene rings is 2. The van der Waals surface area contributed by atoms with Crippen molar-refractivity contribution in [1.29, 1.82) is 0 Å². The van der Waals surface area contributed by atoms with E-state index in [1.54, 1.807) is 6.07 Å². The molecule has 0 radical (unpaired) electrons. The first-order valence-electron chi connectivity index (χ1n) is 8.25. The van der Waals surface area contributed by atoms with Crippen LogP contribution in [0.25, 0.3) is 0 Å². The molecule has 0 saturated heterocycles. The predicted molar refractivity (Wildman–Crippen MR) is 92.8 cm³/mol. The lowest BCUT2D eigenvalue weighted by atomic mass is 10.0. The van der Waals surface area contributed by atoms with Gasteiger partial charge in [0.2, 0.25) is 0 Å². The quantitative estimate of drug-likeness (QED) is 0.798. The van der Waals surface area contributed by atoms with E-state index < -0.39 is 23.6 Å². The maximum Gasteiger partial charge on any atom is 0.335 e. The molecule has 4 nitrogen and oxygen atoms in total. The minimum absolute atomic E-state index is 0.00343. The van der Waals surface area contributed by atoms with Crippen LogP contribution in [-0.4, -0.2) is 22.2 Å². The molecular formula is C20H20F2O4. The number of halogens is 2. The average Bonchev–Trinajstić information content (AvgIpc) is 3.39. The Balaban J connectivity index is 0.000000187. The minimum atomic E-state index is -1.10. The second kappa shape index (κ2) is 8.08. The normalized spacial score (nSPS) is 13.1. The van der Waals surface area contributed by atoms with Crippen molar-refractivity contribution in [3.63, 3.8) is 0 Å². The molecule has 0 aromatic heterocycles.